The number of halogens is 1. The monoisotopic (exact) mass is 374 g/mol. The number of hydrogen-bond donors (Lipinski definition) is 3. The molecular formula is C20H23FN2O4. The number of rotatable bonds is 10. The standard InChI is InChI=1S/C20H23FN2O4/c21-12-13-27-18-9-5-4-8-17(18)23-20(26)22-16(10-11-19(24)25)14-15-6-2-1-3-7-15/h1-9,16H,10-14H2,(H,24,25)(H2,22,23,26). The minimum absolute atomic E-state index is 0.0476. The Morgan fingerprint density at radius 3 is 2.48 bits per heavy atom. The number of hydrogen-bond acceptors (Lipinski definition) is 3. The summed E-state index contributed by atoms with van der Waals surface area (Å²) in [7, 11) is 0. The molecule has 2 amide bonds. The van der Waals surface area contributed by atoms with Gasteiger partial charge in [0.1, 0.15) is 19.0 Å². The van der Waals surface area contributed by atoms with Crippen LogP contribution in [0.5, 0.6) is 5.75 Å². The highest BCUT2D eigenvalue weighted by Gasteiger charge is 2.16. The number of anilines is 1. The average Bonchev–Trinajstić information content (AvgIpc) is 2.66. The third-order valence-corrected chi connectivity index (χ3v) is 3.84. The molecule has 1 atom stereocenters. The predicted octanol–water partition coefficient (Wildman–Crippen LogP) is 3.63. The lowest BCUT2D eigenvalue weighted by Gasteiger charge is -2.19. The second-order valence-electron chi connectivity index (χ2n) is 5.95. The smallest absolute Gasteiger partial charge is 0.319 e. The van der Waals surface area contributed by atoms with Gasteiger partial charge in [0.15, 0.2) is 0 Å². The van der Waals surface area contributed by atoms with Gasteiger partial charge in [-0.05, 0) is 30.5 Å². The number of amides is 2. The predicted molar refractivity (Wildman–Crippen MR) is 101 cm³/mol. The topological polar surface area (TPSA) is 87.7 Å². The second kappa shape index (κ2) is 10.8. The second-order valence-corrected chi connectivity index (χ2v) is 5.95. The van der Waals surface area contributed by atoms with Crippen molar-refractivity contribution >= 4 is 17.7 Å². The first-order valence-electron chi connectivity index (χ1n) is 8.69. The Morgan fingerprint density at radius 1 is 1.07 bits per heavy atom. The number of aliphatic carboxylic acids is 1. The van der Waals surface area contributed by atoms with E-state index in [0.29, 0.717) is 24.3 Å². The number of carbonyl (C=O) groups is 2. The van der Waals surface area contributed by atoms with Gasteiger partial charge < -0.3 is 20.5 Å². The highest BCUT2D eigenvalue weighted by molar-refractivity contribution is 5.91. The molecule has 0 aromatic heterocycles. The lowest BCUT2D eigenvalue weighted by molar-refractivity contribution is -0.137. The maximum absolute atomic E-state index is 12.4. The summed E-state index contributed by atoms with van der Waals surface area (Å²) in [5.41, 5.74) is 1.42. The fourth-order valence-corrected chi connectivity index (χ4v) is 2.61. The molecule has 0 radical (unpaired) electrons. The number of carbonyl (C=O) groups excluding carboxylic acids is 1. The van der Waals surface area contributed by atoms with Crippen molar-refractivity contribution in [2.24, 2.45) is 0 Å². The molecule has 2 aromatic carbocycles. The van der Waals surface area contributed by atoms with E-state index in [9.17, 15) is 14.0 Å². The fourth-order valence-electron chi connectivity index (χ4n) is 2.61. The average molecular weight is 374 g/mol. The largest absolute Gasteiger partial charge is 0.489 e. The SMILES string of the molecule is O=C(O)CCC(Cc1ccccc1)NC(=O)Nc1ccccc1OCCF. The van der Waals surface area contributed by atoms with Crippen molar-refractivity contribution in [2.75, 3.05) is 18.6 Å². The lowest BCUT2D eigenvalue weighted by atomic mass is 10.0. The number of urea groups is 1. The summed E-state index contributed by atoms with van der Waals surface area (Å²) in [5.74, 6) is -0.546. The molecule has 0 bridgehead atoms. The maximum Gasteiger partial charge on any atom is 0.319 e. The van der Waals surface area contributed by atoms with Gasteiger partial charge in [-0.1, -0.05) is 42.5 Å². The number of carboxylic acids is 1. The Morgan fingerprint density at radius 2 is 1.78 bits per heavy atom. The van der Waals surface area contributed by atoms with Crippen molar-refractivity contribution in [3.63, 3.8) is 0 Å². The number of nitrogens with one attached hydrogen (secondary N) is 2. The summed E-state index contributed by atoms with van der Waals surface area (Å²) in [5, 5.41) is 14.4. The number of ether oxygens (including phenoxy) is 1. The van der Waals surface area contributed by atoms with E-state index in [-0.39, 0.29) is 19.1 Å². The van der Waals surface area contributed by atoms with E-state index < -0.39 is 18.7 Å². The van der Waals surface area contributed by atoms with E-state index in [1.807, 2.05) is 30.3 Å². The van der Waals surface area contributed by atoms with Gasteiger partial charge in [-0.3, -0.25) is 4.79 Å². The number of carboxylic acid groups (broad SMARTS) is 1. The van der Waals surface area contributed by atoms with E-state index in [1.54, 1.807) is 24.3 Å². The van der Waals surface area contributed by atoms with Crippen molar-refractivity contribution in [3.05, 3.63) is 60.2 Å². The molecule has 0 heterocycles. The van der Waals surface area contributed by atoms with E-state index >= 15 is 0 Å². The van der Waals surface area contributed by atoms with Crippen LogP contribution in [-0.4, -0.2) is 36.4 Å². The summed E-state index contributed by atoms with van der Waals surface area (Å²) >= 11 is 0. The van der Waals surface area contributed by atoms with Gasteiger partial charge in [0, 0.05) is 12.5 Å². The van der Waals surface area contributed by atoms with E-state index in [0.717, 1.165) is 5.56 Å². The molecular weight excluding hydrogens is 351 g/mol. The van der Waals surface area contributed by atoms with Gasteiger partial charge in [-0.2, -0.15) is 0 Å². The molecule has 0 saturated heterocycles. The van der Waals surface area contributed by atoms with Crippen molar-refractivity contribution in [1.29, 1.82) is 0 Å². The zero-order valence-electron chi connectivity index (χ0n) is 14.9. The first-order chi connectivity index (χ1) is 13.1. The summed E-state index contributed by atoms with van der Waals surface area (Å²) < 4.78 is 17.6. The van der Waals surface area contributed by atoms with Crippen molar-refractivity contribution < 1.29 is 23.8 Å². The van der Waals surface area contributed by atoms with Gasteiger partial charge in [0.25, 0.3) is 0 Å². The molecule has 0 aliphatic rings. The van der Waals surface area contributed by atoms with Gasteiger partial charge in [0.05, 0.1) is 5.69 Å². The summed E-state index contributed by atoms with van der Waals surface area (Å²) in [4.78, 5) is 23.3. The Labute approximate surface area is 157 Å². The first kappa shape index (κ1) is 20.2. The Bertz CT molecular complexity index is 740. The minimum Gasteiger partial charge on any atom is -0.489 e. The zero-order valence-corrected chi connectivity index (χ0v) is 14.9. The van der Waals surface area contributed by atoms with E-state index in [1.165, 1.54) is 0 Å². The summed E-state index contributed by atoms with van der Waals surface area (Å²) in [6, 6.07) is 15.4. The normalized spacial score (nSPS) is 11.4. The van der Waals surface area contributed by atoms with Gasteiger partial charge in [-0.25, -0.2) is 9.18 Å². The molecule has 7 heteroatoms. The third-order valence-electron chi connectivity index (χ3n) is 3.84. The van der Waals surface area contributed by atoms with E-state index in [4.69, 9.17) is 9.84 Å². The van der Waals surface area contributed by atoms with Crippen LogP contribution in [0.3, 0.4) is 0 Å². The molecule has 144 valence electrons. The molecule has 27 heavy (non-hydrogen) atoms. The Balaban J connectivity index is 2.01. The Kier molecular flexibility index (Phi) is 8.09. The minimum atomic E-state index is -0.916. The molecule has 0 aliphatic carbocycles. The van der Waals surface area contributed by atoms with Crippen molar-refractivity contribution in [1.82, 2.24) is 5.32 Å². The molecule has 0 saturated carbocycles. The fraction of sp³-hybridized carbons (Fsp3) is 0.300. The quantitative estimate of drug-likeness (QED) is 0.593. The van der Waals surface area contributed by atoms with Crippen LogP contribution in [0.4, 0.5) is 14.9 Å². The molecule has 1 unspecified atom stereocenters. The molecule has 3 N–H and O–H groups in total. The van der Waals surface area contributed by atoms with Crippen LogP contribution in [0.2, 0.25) is 0 Å². The number of alkyl halides is 1. The van der Waals surface area contributed by atoms with Gasteiger partial charge in [-0.15, -0.1) is 0 Å². The highest BCUT2D eigenvalue weighted by atomic mass is 19.1. The van der Waals surface area contributed by atoms with Gasteiger partial charge in [0.2, 0.25) is 0 Å². The Hall–Kier alpha value is -3.09. The van der Waals surface area contributed by atoms with Crippen LogP contribution in [0.25, 0.3) is 0 Å². The van der Waals surface area contributed by atoms with Crippen LogP contribution in [-0.2, 0) is 11.2 Å². The number of benzene rings is 2. The highest BCUT2D eigenvalue weighted by Crippen LogP contribution is 2.23. The molecule has 2 aromatic rings. The molecule has 6 nitrogen and oxygen atoms in total. The van der Waals surface area contributed by atoms with Crippen molar-refractivity contribution in [3.8, 4) is 5.75 Å². The van der Waals surface area contributed by atoms with Gasteiger partial charge >= 0.3 is 12.0 Å². The third kappa shape index (κ3) is 7.35. The molecule has 2 rings (SSSR count). The molecule has 0 spiro atoms. The van der Waals surface area contributed by atoms with E-state index in [2.05, 4.69) is 10.6 Å². The molecule has 0 aliphatic heterocycles. The summed E-state index contributed by atoms with van der Waals surface area (Å²) in [6.45, 7) is -0.732. The maximum atomic E-state index is 12.4. The first-order valence-corrected chi connectivity index (χ1v) is 8.69. The van der Waals surface area contributed by atoms with Crippen LogP contribution < -0.4 is 15.4 Å². The lowest BCUT2D eigenvalue weighted by Crippen LogP contribution is -2.39. The van der Waals surface area contributed by atoms with Crippen LogP contribution >= 0.6 is 0 Å². The van der Waals surface area contributed by atoms with Crippen LogP contribution in [0, 0.1) is 0 Å². The van der Waals surface area contributed by atoms with Crippen LogP contribution in [0.1, 0.15) is 18.4 Å². The molecule has 0 fully saturated rings. The summed E-state index contributed by atoms with van der Waals surface area (Å²) in [6.07, 6.45) is 0.771. The zero-order chi connectivity index (χ0) is 19.5. The number of para-hydroxylation sites is 2. The van der Waals surface area contributed by atoms with Crippen molar-refractivity contribution in [2.45, 2.75) is 25.3 Å². The van der Waals surface area contributed by atoms with Crippen LogP contribution in [0.15, 0.2) is 54.6 Å².